The second-order valence-electron chi connectivity index (χ2n) is 6.75. The third-order valence-corrected chi connectivity index (χ3v) is 7.49. The predicted molar refractivity (Wildman–Crippen MR) is 101 cm³/mol. The number of thiazole rings is 1. The number of aryl methyl sites for hydroxylation is 2. The first kappa shape index (κ1) is 17.6. The number of urea groups is 1. The molecule has 2 aromatic rings. The Kier molecular flexibility index (Phi) is 4.81. The van der Waals surface area contributed by atoms with Crippen molar-refractivity contribution in [2.75, 3.05) is 11.9 Å². The van der Waals surface area contributed by atoms with Crippen LogP contribution in [-0.4, -0.2) is 22.7 Å². The van der Waals surface area contributed by atoms with E-state index in [0.717, 1.165) is 37.8 Å². The molecular formula is C18H20N3O3S2-. The van der Waals surface area contributed by atoms with Crippen molar-refractivity contribution >= 4 is 33.7 Å². The number of aliphatic hydroxyl groups excluding tert-OH is 1. The van der Waals surface area contributed by atoms with Gasteiger partial charge in [-0.25, -0.2) is 4.79 Å². The molecule has 1 aromatic heterocycles. The molecule has 2 aliphatic carbocycles. The summed E-state index contributed by atoms with van der Waals surface area (Å²) in [6, 6.07) is 1.69. The van der Waals surface area contributed by atoms with Gasteiger partial charge in [0.25, 0.3) is 0 Å². The summed E-state index contributed by atoms with van der Waals surface area (Å²) in [6.45, 7) is 1.81. The van der Waals surface area contributed by atoms with Gasteiger partial charge in [0.2, 0.25) is 0 Å². The number of fused-ring (bicyclic) bond motifs is 2. The van der Waals surface area contributed by atoms with Crippen LogP contribution in [0.3, 0.4) is 0 Å². The van der Waals surface area contributed by atoms with Crippen LogP contribution >= 0.6 is 11.3 Å². The van der Waals surface area contributed by atoms with Crippen LogP contribution in [0, 0.1) is 0 Å². The van der Waals surface area contributed by atoms with E-state index in [1.807, 2.05) is 6.92 Å². The first-order valence-corrected chi connectivity index (χ1v) is 10.7. The lowest BCUT2D eigenvalue weighted by Crippen LogP contribution is -2.18. The minimum absolute atomic E-state index is 0.0263. The largest absolute Gasteiger partial charge is 0.439 e. The molecule has 6 nitrogen and oxygen atoms in total. The van der Waals surface area contributed by atoms with Crippen LogP contribution < -0.4 is 5.32 Å². The van der Waals surface area contributed by atoms with Crippen molar-refractivity contribution in [3.63, 3.8) is 0 Å². The van der Waals surface area contributed by atoms with Crippen molar-refractivity contribution in [2.45, 2.75) is 49.2 Å². The van der Waals surface area contributed by atoms with Crippen molar-refractivity contribution in [3.8, 4) is 0 Å². The standard InChI is InChI=1S/C18H20N3O3S2/c1-10(9-22)17-19-8-15(25-17)26(24)21-18(23)20-16-13-4-2-3-11(13)7-12-5-6-14(12)16/h7-8,10,22H,2-6,9H2,1H3,(H,20,23)/q-1/t10-/m0/s1. The monoisotopic (exact) mass is 390 g/mol. The Morgan fingerprint density at radius 1 is 1.35 bits per heavy atom. The molecule has 8 heteroatoms. The van der Waals surface area contributed by atoms with Gasteiger partial charge in [-0.05, 0) is 58.6 Å². The van der Waals surface area contributed by atoms with E-state index in [9.17, 15) is 14.1 Å². The fraction of sp³-hybridized carbons (Fsp3) is 0.444. The summed E-state index contributed by atoms with van der Waals surface area (Å²) in [4.78, 5) is 16.5. The topological polar surface area (TPSA) is 91.7 Å². The van der Waals surface area contributed by atoms with Gasteiger partial charge < -0.3 is 19.0 Å². The number of rotatable bonds is 4. The highest BCUT2D eigenvalue weighted by atomic mass is 32.2. The van der Waals surface area contributed by atoms with Crippen LogP contribution in [0.4, 0.5) is 10.5 Å². The number of anilines is 1. The molecule has 26 heavy (non-hydrogen) atoms. The van der Waals surface area contributed by atoms with E-state index in [-0.39, 0.29) is 12.5 Å². The van der Waals surface area contributed by atoms with E-state index in [1.165, 1.54) is 39.8 Å². The van der Waals surface area contributed by atoms with Gasteiger partial charge in [-0.2, -0.15) is 0 Å². The number of benzene rings is 1. The average Bonchev–Trinajstić information content (AvgIpc) is 3.26. The Morgan fingerprint density at radius 3 is 2.85 bits per heavy atom. The van der Waals surface area contributed by atoms with Gasteiger partial charge in [0, 0.05) is 17.8 Å². The maximum absolute atomic E-state index is 12.4. The fourth-order valence-electron chi connectivity index (χ4n) is 3.50. The highest BCUT2D eigenvalue weighted by Crippen LogP contribution is 2.39. The lowest BCUT2D eigenvalue weighted by molar-refractivity contribution is 0.260. The molecule has 1 heterocycles. The number of nitrogens with zero attached hydrogens (tertiary/aromatic N) is 2. The summed E-state index contributed by atoms with van der Waals surface area (Å²) in [5.41, 5.74) is 5.95. The second-order valence-corrected chi connectivity index (χ2v) is 9.19. The van der Waals surface area contributed by atoms with E-state index in [4.69, 9.17) is 0 Å². The van der Waals surface area contributed by atoms with Gasteiger partial charge in [-0.1, -0.05) is 13.0 Å². The number of hydrogen-bond donors (Lipinski definition) is 2. The first-order valence-electron chi connectivity index (χ1n) is 8.74. The van der Waals surface area contributed by atoms with Crippen molar-refractivity contribution < 1.29 is 14.1 Å². The quantitative estimate of drug-likeness (QED) is 0.781. The third kappa shape index (κ3) is 3.17. The maximum atomic E-state index is 12.4. The molecule has 0 aliphatic heterocycles. The zero-order valence-corrected chi connectivity index (χ0v) is 16.1. The van der Waals surface area contributed by atoms with Crippen molar-refractivity contribution in [1.82, 2.24) is 4.98 Å². The molecular weight excluding hydrogens is 370 g/mol. The Hall–Kier alpha value is -1.77. The highest BCUT2D eigenvalue weighted by molar-refractivity contribution is 7.78. The van der Waals surface area contributed by atoms with E-state index in [1.54, 1.807) is 0 Å². The number of aromatic nitrogens is 1. The number of amides is 2. The normalized spacial score (nSPS) is 17.3. The van der Waals surface area contributed by atoms with Crippen LogP contribution in [0.15, 0.2) is 20.8 Å². The summed E-state index contributed by atoms with van der Waals surface area (Å²) in [5.74, 6) is -0.120. The van der Waals surface area contributed by atoms with Crippen LogP contribution in [0.25, 0.3) is 0 Å². The summed E-state index contributed by atoms with van der Waals surface area (Å²) in [5, 5.41) is 12.8. The number of aliphatic hydroxyl groups is 1. The molecule has 1 atom stereocenters. The van der Waals surface area contributed by atoms with Gasteiger partial charge in [0.05, 0.1) is 11.6 Å². The Balaban J connectivity index is 1.55. The van der Waals surface area contributed by atoms with Gasteiger partial charge in [-0.15, -0.1) is 21.9 Å². The molecule has 0 radical (unpaired) electrons. The minimum Gasteiger partial charge on any atom is -0.439 e. The Morgan fingerprint density at radius 2 is 2.12 bits per heavy atom. The van der Waals surface area contributed by atoms with E-state index >= 15 is 0 Å². The zero-order valence-electron chi connectivity index (χ0n) is 14.4. The predicted octanol–water partition coefficient (Wildman–Crippen LogP) is 3.56. The molecule has 2 amide bonds. The third-order valence-electron chi connectivity index (χ3n) is 5.01. The van der Waals surface area contributed by atoms with E-state index in [2.05, 4.69) is 20.7 Å². The Bertz CT molecular complexity index is 961. The van der Waals surface area contributed by atoms with Gasteiger partial charge in [0.15, 0.2) is 0 Å². The van der Waals surface area contributed by atoms with E-state index in [0.29, 0.717) is 9.22 Å². The molecule has 0 saturated heterocycles. The second kappa shape index (κ2) is 7.09. The summed E-state index contributed by atoms with van der Waals surface area (Å²) >= 11 is 1.21. The van der Waals surface area contributed by atoms with Crippen molar-refractivity contribution in [3.05, 3.63) is 39.5 Å². The Labute approximate surface area is 157 Å². The molecule has 0 unspecified atom stereocenters. The molecule has 0 bridgehead atoms. The average molecular weight is 391 g/mol. The molecule has 4 rings (SSSR count). The van der Waals surface area contributed by atoms with Crippen LogP contribution in [-0.2, 0) is 40.5 Å². The summed E-state index contributed by atoms with van der Waals surface area (Å²) < 4.78 is 16.6. The first-order chi connectivity index (χ1) is 12.6. The molecule has 0 fully saturated rings. The molecule has 138 valence electrons. The SMILES string of the molecule is C[C@@H](CO)c1ncc([S-](=O)=NC(=O)Nc2c3c(cc4c2CC4)CCC3)s1. The number of carbonyl (C=O) groups excluding carboxylic acids is 1. The van der Waals surface area contributed by atoms with Gasteiger partial charge in [-0.3, -0.25) is 4.98 Å². The molecule has 2 N–H and O–H groups in total. The van der Waals surface area contributed by atoms with Crippen LogP contribution in [0.1, 0.15) is 46.5 Å². The van der Waals surface area contributed by atoms with Gasteiger partial charge >= 0.3 is 6.03 Å². The number of carbonyl (C=O) groups is 1. The maximum Gasteiger partial charge on any atom is 0.322 e. The van der Waals surface area contributed by atoms with Crippen LogP contribution in [0.5, 0.6) is 0 Å². The molecule has 2 aliphatic rings. The molecule has 0 saturated carbocycles. The highest BCUT2D eigenvalue weighted by Gasteiger charge is 2.26. The van der Waals surface area contributed by atoms with E-state index < -0.39 is 16.6 Å². The smallest absolute Gasteiger partial charge is 0.322 e. The summed E-state index contributed by atoms with van der Waals surface area (Å²) in [7, 11) is -1.79. The number of hydrogen-bond acceptors (Lipinski definition) is 6. The van der Waals surface area contributed by atoms with Crippen molar-refractivity contribution in [1.29, 1.82) is 0 Å². The van der Waals surface area contributed by atoms with Crippen molar-refractivity contribution in [2.24, 2.45) is 4.36 Å². The van der Waals surface area contributed by atoms with Gasteiger partial charge in [0.1, 0.15) is 0 Å². The zero-order chi connectivity index (χ0) is 18.3. The fourth-order valence-corrected chi connectivity index (χ4v) is 5.28. The lowest BCUT2D eigenvalue weighted by atomic mass is 9.83. The molecule has 0 spiro atoms. The number of nitrogens with one attached hydrogen (secondary N) is 1. The molecule has 1 aromatic carbocycles. The summed E-state index contributed by atoms with van der Waals surface area (Å²) in [6.07, 6.45) is 6.63. The minimum atomic E-state index is -1.79. The lowest BCUT2D eigenvalue weighted by Gasteiger charge is -2.25. The van der Waals surface area contributed by atoms with Crippen LogP contribution in [0.2, 0.25) is 0 Å².